The molecule has 3 amide bonds. The molecule has 0 saturated carbocycles. The van der Waals surface area contributed by atoms with E-state index in [0.717, 1.165) is 12.8 Å². The second kappa shape index (κ2) is 8.95. The van der Waals surface area contributed by atoms with Gasteiger partial charge in [-0.15, -0.1) is 12.4 Å². The van der Waals surface area contributed by atoms with Crippen molar-refractivity contribution < 1.29 is 14.4 Å². The molecule has 0 unspecified atom stereocenters. The lowest BCUT2D eigenvalue weighted by atomic mass is 9.93. The van der Waals surface area contributed by atoms with Crippen LogP contribution in [0.5, 0.6) is 0 Å². The molecule has 8 heteroatoms. The number of halogens is 1. The number of hydrogen-bond donors (Lipinski definition) is 2. The highest BCUT2D eigenvalue weighted by molar-refractivity contribution is 6.35. The van der Waals surface area contributed by atoms with Gasteiger partial charge in [0.2, 0.25) is 5.91 Å². The molecule has 7 nitrogen and oxygen atoms in total. The van der Waals surface area contributed by atoms with Crippen LogP contribution in [-0.4, -0.2) is 65.8 Å². The molecule has 0 radical (unpaired) electrons. The fourth-order valence-electron chi connectivity index (χ4n) is 2.44. The molecule has 0 spiro atoms. The van der Waals surface area contributed by atoms with Crippen LogP contribution in [0.4, 0.5) is 0 Å². The summed E-state index contributed by atoms with van der Waals surface area (Å²) in [6.45, 7) is 7.37. The van der Waals surface area contributed by atoms with Crippen molar-refractivity contribution in [1.29, 1.82) is 0 Å². The summed E-state index contributed by atoms with van der Waals surface area (Å²) in [5, 5.41) is 2.90. The van der Waals surface area contributed by atoms with E-state index in [2.05, 4.69) is 5.32 Å². The Balaban J connectivity index is 0.00000441. The van der Waals surface area contributed by atoms with Crippen molar-refractivity contribution in [2.75, 3.05) is 32.7 Å². The molecule has 1 aliphatic rings. The van der Waals surface area contributed by atoms with Crippen LogP contribution in [0.25, 0.3) is 0 Å². The molecule has 128 valence electrons. The molecule has 0 atom stereocenters. The van der Waals surface area contributed by atoms with Crippen LogP contribution in [0, 0.1) is 0 Å². The number of likely N-dealkylation sites (N-methyl/N-ethyl adjacent to an activating group) is 1. The van der Waals surface area contributed by atoms with Gasteiger partial charge in [0.25, 0.3) is 0 Å². The zero-order chi connectivity index (χ0) is 16.0. The maximum Gasteiger partial charge on any atom is 0.312 e. The van der Waals surface area contributed by atoms with Gasteiger partial charge in [-0.3, -0.25) is 14.4 Å². The van der Waals surface area contributed by atoms with Gasteiger partial charge in [0.15, 0.2) is 0 Å². The van der Waals surface area contributed by atoms with Crippen LogP contribution < -0.4 is 11.1 Å². The molecule has 3 N–H and O–H groups in total. The fourth-order valence-corrected chi connectivity index (χ4v) is 2.44. The van der Waals surface area contributed by atoms with Crippen molar-refractivity contribution in [2.24, 2.45) is 5.73 Å². The number of nitrogens with zero attached hydrogens (tertiary/aromatic N) is 2. The summed E-state index contributed by atoms with van der Waals surface area (Å²) in [7, 11) is 0. The number of hydrogen-bond acceptors (Lipinski definition) is 4. The number of carbonyl (C=O) groups is 3. The molecule has 0 aliphatic carbocycles. The minimum Gasteiger partial charge on any atom is -0.348 e. The lowest BCUT2D eigenvalue weighted by Gasteiger charge is -2.35. The molecule has 1 aliphatic heterocycles. The van der Waals surface area contributed by atoms with Crippen LogP contribution in [0.3, 0.4) is 0 Å². The number of rotatable bonds is 7. The first-order valence-electron chi connectivity index (χ1n) is 7.52. The molecular formula is C14H27ClN4O3. The molecule has 1 saturated heterocycles. The quantitative estimate of drug-likeness (QED) is 0.627. The number of amides is 3. The Morgan fingerprint density at radius 1 is 1.14 bits per heavy atom. The van der Waals surface area contributed by atoms with E-state index in [1.54, 1.807) is 0 Å². The van der Waals surface area contributed by atoms with Crippen LogP contribution in [0.2, 0.25) is 0 Å². The molecule has 0 aromatic rings. The Hall–Kier alpha value is -1.34. The van der Waals surface area contributed by atoms with E-state index in [-0.39, 0.29) is 24.9 Å². The summed E-state index contributed by atoms with van der Waals surface area (Å²) in [6, 6.07) is 0. The third kappa shape index (κ3) is 4.58. The van der Waals surface area contributed by atoms with Crippen LogP contribution in [0.1, 0.15) is 33.6 Å². The van der Waals surface area contributed by atoms with E-state index < -0.39 is 17.4 Å². The van der Waals surface area contributed by atoms with E-state index >= 15 is 0 Å². The van der Waals surface area contributed by atoms with Crippen LogP contribution in [-0.2, 0) is 14.4 Å². The molecule has 0 aromatic carbocycles. The average molecular weight is 335 g/mol. The Bertz CT molecular complexity index is 405. The fraction of sp³-hybridized carbons (Fsp3) is 0.786. The zero-order valence-electron chi connectivity index (χ0n) is 13.6. The van der Waals surface area contributed by atoms with Crippen LogP contribution in [0.15, 0.2) is 0 Å². The van der Waals surface area contributed by atoms with E-state index in [0.29, 0.717) is 26.2 Å². The van der Waals surface area contributed by atoms with Gasteiger partial charge in [-0.1, -0.05) is 13.8 Å². The first kappa shape index (κ1) is 20.7. The van der Waals surface area contributed by atoms with E-state index in [4.69, 9.17) is 5.73 Å². The van der Waals surface area contributed by atoms with E-state index in [1.807, 2.05) is 20.8 Å². The van der Waals surface area contributed by atoms with Gasteiger partial charge in [-0.25, -0.2) is 0 Å². The van der Waals surface area contributed by atoms with Gasteiger partial charge in [0.05, 0.1) is 5.54 Å². The zero-order valence-corrected chi connectivity index (χ0v) is 14.4. The molecule has 1 heterocycles. The summed E-state index contributed by atoms with van der Waals surface area (Å²) < 4.78 is 0. The van der Waals surface area contributed by atoms with Gasteiger partial charge in [-0.05, 0) is 19.8 Å². The maximum atomic E-state index is 12.1. The van der Waals surface area contributed by atoms with Crippen molar-refractivity contribution >= 4 is 30.1 Å². The van der Waals surface area contributed by atoms with Crippen molar-refractivity contribution in [3.05, 3.63) is 0 Å². The lowest BCUT2D eigenvalue weighted by Crippen LogP contribution is -2.59. The minimum atomic E-state index is -0.607. The van der Waals surface area contributed by atoms with Crippen molar-refractivity contribution in [1.82, 2.24) is 15.1 Å². The second-order valence-electron chi connectivity index (χ2n) is 5.35. The highest BCUT2D eigenvalue weighted by Gasteiger charge is 2.34. The van der Waals surface area contributed by atoms with Crippen LogP contribution >= 0.6 is 12.4 Å². The first-order chi connectivity index (χ1) is 9.92. The Labute approximate surface area is 138 Å². The highest BCUT2D eigenvalue weighted by Crippen LogP contribution is 2.13. The molecule has 1 fully saturated rings. The topological polar surface area (TPSA) is 95.7 Å². The van der Waals surface area contributed by atoms with E-state index in [9.17, 15) is 14.4 Å². The Morgan fingerprint density at radius 2 is 1.64 bits per heavy atom. The van der Waals surface area contributed by atoms with Gasteiger partial charge in [0, 0.05) is 26.2 Å². The molecule has 22 heavy (non-hydrogen) atoms. The number of nitrogens with two attached hydrogens (primary N) is 1. The first-order valence-corrected chi connectivity index (χ1v) is 7.52. The van der Waals surface area contributed by atoms with Gasteiger partial charge >= 0.3 is 11.8 Å². The highest BCUT2D eigenvalue weighted by atomic mass is 35.5. The normalized spacial score (nSPS) is 15.6. The van der Waals surface area contributed by atoms with E-state index in [1.165, 1.54) is 9.80 Å². The summed E-state index contributed by atoms with van der Waals surface area (Å²) >= 11 is 0. The average Bonchev–Trinajstić information content (AvgIpc) is 2.50. The summed E-state index contributed by atoms with van der Waals surface area (Å²) in [4.78, 5) is 38.6. The van der Waals surface area contributed by atoms with Gasteiger partial charge in [-0.2, -0.15) is 0 Å². The lowest BCUT2D eigenvalue weighted by molar-refractivity contribution is -0.156. The van der Waals surface area contributed by atoms with Gasteiger partial charge in [0.1, 0.15) is 6.54 Å². The summed E-state index contributed by atoms with van der Waals surface area (Å²) in [5.41, 5.74) is 5.30. The Morgan fingerprint density at radius 3 is 2.09 bits per heavy atom. The summed E-state index contributed by atoms with van der Waals surface area (Å²) in [5.74, 6) is -1.41. The van der Waals surface area contributed by atoms with Crippen molar-refractivity contribution in [3.8, 4) is 0 Å². The minimum absolute atomic E-state index is 0. The Kier molecular flexibility index (Phi) is 8.40. The molecular weight excluding hydrogens is 308 g/mol. The third-order valence-electron chi connectivity index (χ3n) is 4.26. The van der Waals surface area contributed by atoms with Crippen molar-refractivity contribution in [3.63, 3.8) is 0 Å². The molecule has 0 aromatic heterocycles. The smallest absolute Gasteiger partial charge is 0.312 e. The molecule has 0 bridgehead atoms. The predicted molar refractivity (Wildman–Crippen MR) is 86.6 cm³/mol. The largest absolute Gasteiger partial charge is 0.348 e. The third-order valence-corrected chi connectivity index (χ3v) is 4.26. The van der Waals surface area contributed by atoms with Crippen molar-refractivity contribution in [2.45, 2.75) is 39.2 Å². The molecule has 1 rings (SSSR count). The number of piperazine rings is 1. The monoisotopic (exact) mass is 334 g/mol. The SMILES string of the molecule is CCN1CCN(CC(=O)NC(CC)(CC)CN)C(=O)C1=O.Cl. The maximum absolute atomic E-state index is 12.1. The summed E-state index contributed by atoms with van der Waals surface area (Å²) in [6.07, 6.45) is 1.45. The predicted octanol–water partition coefficient (Wildman–Crippen LogP) is -0.267. The standard InChI is InChI=1S/C14H26N4O3.ClH/c1-4-14(5-2,10-15)16-11(19)9-18-8-7-17(6-3)12(20)13(18)21;/h4-10,15H2,1-3H3,(H,16,19);1H. The number of nitrogens with one attached hydrogen (secondary N) is 1. The second-order valence-corrected chi connectivity index (χ2v) is 5.35. The number of carbonyl (C=O) groups excluding carboxylic acids is 3. The van der Waals surface area contributed by atoms with Gasteiger partial charge < -0.3 is 20.9 Å².